The third-order valence-electron chi connectivity index (χ3n) is 8.42. The van der Waals surface area contributed by atoms with Crippen molar-refractivity contribution in [2.24, 2.45) is 0 Å². The van der Waals surface area contributed by atoms with Gasteiger partial charge in [0.15, 0.2) is 0 Å². The van der Waals surface area contributed by atoms with E-state index in [1.165, 1.54) is 179 Å². The molecule has 0 aliphatic rings. The zero-order valence-corrected chi connectivity index (χ0v) is 26.4. The van der Waals surface area contributed by atoms with Crippen molar-refractivity contribution in [3.8, 4) is 0 Å². The molecule has 1 aromatic heterocycles. The van der Waals surface area contributed by atoms with Crippen LogP contribution in [0.4, 0.5) is 0 Å². The van der Waals surface area contributed by atoms with Crippen molar-refractivity contribution >= 4 is 37.7 Å². The van der Waals surface area contributed by atoms with Crippen LogP contribution in [0, 0.1) is 0 Å². The van der Waals surface area contributed by atoms with Crippen molar-refractivity contribution in [3.63, 3.8) is 0 Å². The van der Waals surface area contributed by atoms with E-state index in [0.29, 0.717) is 0 Å². The van der Waals surface area contributed by atoms with E-state index in [4.69, 9.17) is 0 Å². The number of nitrogens with one attached hydrogen (secondary N) is 1. The molecule has 0 saturated carbocycles. The molecule has 2 heteroatoms. The second-order valence-electron chi connectivity index (χ2n) is 11.9. The van der Waals surface area contributed by atoms with Crippen LogP contribution in [0.25, 0.3) is 21.8 Å². The van der Waals surface area contributed by atoms with Gasteiger partial charge in [-0.3, -0.25) is 0 Å². The molecule has 0 fully saturated rings. The Labute approximate surface area is 243 Å². The fourth-order valence-electron chi connectivity index (χ4n) is 5.99. The van der Waals surface area contributed by atoms with Crippen molar-refractivity contribution in [3.05, 3.63) is 45.9 Å². The van der Waals surface area contributed by atoms with Crippen LogP contribution < -0.4 is 0 Å². The Balaban J connectivity index is 1.42. The van der Waals surface area contributed by atoms with Crippen LogP contribution in [0.2, 0.25) is 0 Å². The molecule has 3 rings (SSSR count). The number of hydrogen-bond donors (Lipinski definition) is 1. The fourth-order valence-corrected chi connectivity index (χ4v) is 6.60. The van der Waals surface area contributed by atoms with Crippen LogP contribution >= 0.6 is 15.9 Å². The first kappa shape index (κ1) is 31.3. The highest BCUT2D eigenvalue weighted by Gasteiger charge is 2.10. The number of aryl methyl sites for hydroxylation is 2. The third-order valence-corrected chi connectivity index (χ3v) is 9.05. The van der Waals surface area contributed by atoms with Crippen molar-refractivity contribution in [1.29, 1.82) is 0 Å². The van der Waals surface area contributed by atoms with Crippen LogP contribution in [0.3, 0.4) is 0 Å². The quantitative estimate of drug-likeness (QED) is 0.113. The zero-order valence-electron chi connectivity index (χ0n) is 24.8. The van der Waals surface area contributed by atoms with Gasteiger partial charge in [-0.05, 0) is 77.0 Å². The molecule has 38 heavy (non-hydrogen) atoms. The SMILES string of the molecule is CCCCCCCCCCCCc1ccc2[nH]c3c(Br)cc(CCCCCCCCCCCC)cc3c2c1. The van der Waals surface area contributed by atoms with E-state index >= 15 is 0 Å². The summed E-state index contributed by atoms with van der Waals surface area (Å²) in [5.74, 6) is 0. The standard InChI is InChI=1S/C36H56BrN/c1-3-5-7-9-11-13-15-17-19-21-23-30-25-26-35-32(27-30)33-28-31(29-34(37)36(33)38-35)24-22-20-18-16-14-12-10-8-6-4-2/h25-29,38H,3-24H2,1-2H3. The first-order valence-electron chi connectivity index (χ1n) is 16.5. The minimum Gasteiger partial charge on any atom is -0.354 e. The summed E-state index contributed by atoms with van der Waals surface area (Å²) >= 11 is 3.87. The van der Waals surface area contributed by atoms with Gasteiger partial charge in [0.05, 0.1) is 5.52 Å². The molecule has 1 N–H and O–H groups in total. The van der Waals surface area contributed by atoms with Crippen molar-refractivity contribution < 1.29 is 0 Å². The maximum Gasteiger partial charge on any atom is 0.0609 e. The van der Waals surface area contributed by atoms with Crippen molar-refractivity contribution in [2.45, 2.75) is 155 Å². The Morgan fingerprint density at radius 2 is 0.947 bits per heavy atom. The molecule has 0 aliphatic carbocycles. The Bertz CT molecular complexity index is 1030. The van der Waals surface area contributed by atoms with Gasteiger partial charge >= 0.3 is 0 Å². The Morgan fingerprint density at radius 1 is 0.500 bits per heavy atom. The maximum atomic E-state index is 3.87. The summed E-state index contributed by atoms with van der Waals surface area (Å²) in [5.41, 5.74) is 5.49. The molecule has 0 aliphatic heterocycles. The minimum atomic E-state index is 1.19. The van der Waals surface area contributed by atoms with E-state index in [0.717, 1.165) is 0 Å². The molecule has 212 valence electrons. The van der Waals surface area contributed by atoms with Gasteiger partial charge < -0.3 is 4.98 Å². The summed E-state index contributed by atoms with van der Waals surface area (Å²) in [6, 6.07) is 11.9. The van der Waals surface area contributed by atoms with Crippen LogP contribution in [0.1, 0.15) is 153 Å². The van der Waals surface area contributed by atoms with Gasteiger partial charge in [0.25, 0.3) is 0 Å². The number of halogens is 1. The first-order valence-corrected chi connectivity index (χ1v) is 17.2. The van der Waals surface area contributed by atoms with Gasteiger partial charge in [0.1, 0.15) is 0 Å². The first-order chi connectivity index (χ1) is 18.7. The number of rotatable bonds is 22. The number of aromatic nitrogens is 1. The average molecular weight is 583 g/mol. The molecule has 0 unspecified atom stereocenters. The Kier molecular flexibility index (Phi) is 15.6. The molecule has 0 radical (unpaired) electrons. The minimum absolute atomic E-state index is 1.19. The molecule has 2 aromatic carbocycles. The highest BCUT2D eigenvalue weighted by molar-refractivity contribution is 9.10. The summed E-state index contributed by atoms with van der Waals surface area (Å²) in [5, 5.41) is 2.79. The average Bonchev–Trinajstić information content (AvgIpc) is 3.29. The van der Waals surface area contributed by atoms with E-state index in [-0.39, 0.29) is 0 Å². The smallest absolute Gasteiger partial charge is 0.0609 e. The number of H-pyrrole nitrogens is 1. The van der Waals surface area contributed by atoms with Crippen LogP contribution in [-0.4, -0.2) is 4.98 Å². The van der Waals surface area contributed by atoms with Crippen LogP contribution in [-0.2, 0) is 12.8 Å². The molecule has 0 atom stereocenters. The number of fused-ring (bicyclic) bond motifs is 3. The largest absolute Gasteiger partial charge is 0.354 e. The molecule has 1 heterocycles. The molecule has 1 nitrogen and oxygen atoms in total. The second-order valence-corrected chi connectivity index (χ2v) is 12.7. The Hall–Kier alpha value is -1.28. The van der Waals surface area contributed by atoms with Crippen LogP contribution in [0.5, 0.6) is 0 Å². The lowest BCUT2D eigenvalue weighted by atomic mass is 10.0. The van der Waals surface area contributed by atoms with Gasteiger partial charge in [-0.15, -0.1) is 0 Å². The summed E-state index contributed by atoms with van der Waals surface area (Å²) in [6.45, 7) is 4.60. The molecular formula is C36H56BrN. The topological polar surface area (TPSA) is 15.8 Å². The van der Waals surface area contributed by atoms with Gasteiger partial charge in [-0.2, -0.15) is 0 Å². The van der Waals surface area contributed by atoms with Gasteiger partial charge in [0.2, 0.25) is 0 Å². The summed E-state index contributed by atoms with van der Waals surface area (Å²) in [7, 11) is 0. The lowest BCUT2D eigenvalue weighted by Gasteiger charge is -2.06. The van der Waals surface area contributed by atoms with E-state index in [9.17, 15) is 0 Å². The molecular weight excluding hydrogens is 526 g/mol. The van der Waals surface area contributed by atoms with Gasteiger partial charge in [-0.1, -0.05) is 135 Å². The number of hydrogen-bond acceptors (Lipinski definition) is 0. The monoisotopic (exact) mass is 581 g/mol. The van der Waals surface area contributed by atoms with E-state index in [2.05, 4.69) is 65.1 Å². The van der Waals surface area contributed by atoms with Crippen molar-refractivity contribution in [1.82, 2.24) is 4.98 Å². The van der Waals surface area contributed by atoms with Crippen molar-refractivity contribution in [2.75, 3.05) is 0 Å². The van der Waals surface area contributed by atoms with E-state index in [1.54, 1.807) is 0 Å². The summed E-state index contributed by atoms with van der Waals surface area (Å²) < 4.78 is 1.21. The maximum absolute atomic E-state index is 3.87. The summed E-state index contributed by atoms with van der Waals surface area (Å²) in [6.07, 6.45) is 30.4. The number of unbranched alkanes of at least 4 members (excludes halogenated alkanes) is 18. The fraction of sp³-hybridized carbons (Fsp3) is 0.667. The molecule has 0 saturated heterocycles. The lowest BCUT2D eigenvalue weighted by Crippen LogP contribution is -1.88. The second kappa shape index (κ2) is 18.9. The molecule has 0 spiro atoms. The normalized spacial score (nSPS) is 11.8. The van der Waals surface area contributed by atoms with E-state index in [1.807, 2.05) is 0 Å². The Morgan fingerprint density at radius 3 is 1.47 bits per heavy atom. The zero-order chi connectivity index (χ0) is 26.8. The third kappa shape index (κ3) is 11.1. The number of benzene rings is 2. The van der Waals surface area contributed by atoms with E-state index < -0.39 is 0 Å². The highest BCUT2D eigenvalue weighted by Crippen LogP contribution is 2.33. The number of aromatic amines is 1. The molecule has 3 aromatic rings. The van der Waals surface area contributed by atoms with Crippen LogP contribution in [0.15, 0.2) is 34.8 Å². The highest BCUT2D eigenvalue weighted by atomic mass is 79.9. The summed E-state index contributed by atoms with van der Waals surface area (Å²) in [4.78, 5) is 3.67. The predicted molar refractivity (Wildman–Crippen MR) is 175 cm³/mol. The van der Waals surface area contributed by atoms with Gasteiger partial charge in [0, 0.05) is 20.8 Å². The predicted octanol–water partition coefficient (Wildman–Crippen LogP) is 13.0. The molecule has 0 bridgehead atoms. The lowest BCUT2D eigenvalue weighted by molar-refractivity contribution is 0.556. The van der Waals surface area contributed by atoms with Gasteiger partial charge in [-0.25, -0.2) is 0 Å². The molecule has 0 amide bonds.